The molecule has 3 N–H and O–H groups in total. The van der Waals surface area contributed by atoms with Crippen LogP contribution in [0.25, 0.3) is 38.8 Å². The van der Waals surface area contributed by atoms with Gasteiger partial charge in [-0.3, -0.25) is 14.9 Å². The van der Waals surface area contributed by atoms with Gasteiger partial charge >= 0.3 is 0 Å². The van der Waals surface area contributed by atoms with Crippen molar-refractivity contribution < 1.29 is 14.1 Å². The summed E-state index contributed by atoms with van der Waals surface area (Å²) in [5, 5.41) is 5.23. The predicted molar refractivity (Wildman–Crippen MR) is 172 cm³/mol. The van der Waals surface area contributed by atoms with E-state index in [1.807, 2.05) is 36.8 Å². The number of nitrogens with one attached hydrogen (secondary N) is 2. The number of carbonyl (C=O) groups is 2. The van der Waals surface area contributed by atoms with Crippen LogP contribution in [0.1, 0.15) is 71.6 Å². The zero-order valence-electron chi connectivity index (χ0n) is 23.4. The first-order valence-corrected chi connectivity index (χ1v) is 16.7. The molecule has 2 aromatic carbocycles. The van der Waals surface area contributed by atoms with E-state index in [4.69, 9.17) is 0 Å². The molecule has 1 unspecified atom stereocenters. The summed E-state index contributed by atoms with van der Waals surface area (Å²) >= 11 is 3.57. The van der Waals surface area contributed by atoms with Gasteiger partial charge in [-0.25, -0.2) is 0 Å². The molecular formula is C32H34BrN3O3S. The summed E-state index contributed by atoms with van der Waals surface area (Å²) in [6.07, 6.45) is 19.4. The van der Waals surface area contributed by atoms with Crippen molar-refractivity contribution in [2.45, 2.75) is 50.8 Å². The highest BCUT2D eigenvalue weighted by Gasteiger charge is 2.37. The predicted octanol–water partition coefficient (Wildman–Crippen LogP) is 8.26. The third-order valence-electron chi connectivity index (χ3n) is 8.42. The topological polar surface area (TPSA) is 87.1 Å². The van der Waals surface area contributed by atoms with Crippen LogP contribution >= 0.6 is 26.2 Å². The molecule has 0 fully saturated rings. The second-order valence-corrected chi connectivity index (χ2v) is 16.7. The first kappa shape index (κ1) is 27.1. The minimum atomic E-state index is -1.34. The van der Waals surface area contributed by atoms with Crippen molar-refractivity contribution in [3.63, 3.8) is 0 Å². The number of halogens is 1. The van der Waals surface area contributed by atoms with Gasteiger partial charge < -0.3 is 14.1 Å². The van der Waals surface area contributed by atoms with Gasteiger partial charge in [0.1, 0.15) is 0 Å². The lowest BCUT2D eigenvalue weighted by Crippen LogP contribution is -2.21. The van der Waals surface area contributed by atoms with E-state index in [1.165, 1.54) is 0 Å². The SMILES string of the molecule is CC(C)(C)S(C)(C)O.O=C1NC(=O)c2c1c1c3c(n(C4C=CCC4)c1c1[nH]c4ccc(Br)cc4c21)C=CC=CC3. The Morgan fingerprint density at radius 2 is 1.75 bits per heavy atom. The van der Waals surface area contributed by atoms with Crippen molar-refractivity contribution in [2.24, 2.45) is 0 Å². The van der Waals surface area contributed by atoms with E-state index in [0.29, 0.717) is 17.5 Å². The normalized spacial score (nSPS) is 18.7. The Bertz CT molecular complexity index is 1810. The Kier molecular flexibility index (Phi) is 6.44. The third-order valence-corrected chi connectivity index (χ3v) is 11.9. The first-order valence-electron chi connectivity index (χ1n) is 13.5. The highest BCUT2D eigenvalue weighted by Crippen LogP contribution is 2.48. The molecule has 8 heteroatoms. The van der Waals surface area contributed by atoms with Crippen molar-refractivity contribution >= 4 is 76.8 Å². The van der Waals surface area contributed by atoms with E-state index in [2.05, 4.69) is 81.9 Å². The lowest BCUT2D eigenvalue weighted by molar-refractivity contribution is 0.0880. The summed E-state index contributed by atoms with van der Waals surface area (Å²) in [5.74, 6) is -0.625. The van der Waals surface area contributed by atoms with Gasteiger partial charge in [0.2, 0.25) is 0 Å². The van der Waals surface area contributed by atoms with Crippen LogP contribution in [0.3, 0.4) is 0 Å². The van der Waals surface area contributed by atoms with Crippen molar-refractivity contribution in [1.82, 2.24) is 14.9 Å². The van der Waals surface area contributed by atoms with Crippen LogP contribution in [-0.4, -0.2) is 43.2 Å². The van der Waals surface area contributed by atoms with Crippen LogP contribution in [-0.2, 0) is 6.42 Å². The van der Waals surface area contributed by atoms with E-state index in [-0.39, 0.29) is 22.6 Å². The molecule has 2 aliphatic carbocycles. The van der Waals surface area contributed by atoms with E-state index >= 15 is 0 Å². The van der Waals surface area contributed by atoms with Gasteiger partial charge in [-0.1, -0.05) is 67.1 Å². The molecule has 1 aliphatic heterocycles. The van der Waals surface area contributed by atoms with Crippen LogP contribution in [0.4, 0.5) is 0 Å². The van der Waals surface area contributed by atoms with Crippen LogP contribution in [0.2, 0.25) is 0 Å². The third kappa shape index (κ3) is 4.19. The smallest absolute Gasteiger partial charge is 0.259 e. The molecule has 1 atom stereocenters. The monoisotopic (exact) mass is 619 g/mol. The number of H-pyrrole nitrogens is 1. The maximum atomic E-state index is 13.2. The first-order chi connectivity index (χ1) is 18.9. The molecule has 0 spiro atoms. The number of amides is 2. The molecule has 0 saturated carbocycles. The summed E-state index contributed by atoms with van der Waals surface area (Å²) in [6.45, 7) is 6.17. The lowest BCUT2D eigenvalue weighted by Gasteiger charge is -2.38. The van der Waals surface area contributed by atoms with Gasteiger partial charge in [-0.2, -0.15) is 0 Å². The van der Waals surface area contributed by atoms with Crippen LogP contribution in [0, 0.1) is 0 Å². The minimum absolute atomic E-state index is 0.0764. The van der Waals surface area contributed by atoms with Gasteiger partial charge in [0.15, 0.2) is 0 Å². The minimum Gasteiger partial charge on any atom is -0.353 e. The molecule has 208 valence electrons. The Hall–Kier alpha value is -3.07. The second-order valence-electron chi connectivity index (χ2n) is 12.0. The molecule has 2 amide bonds. The molecule has 40 heavy (non-hydrogen) atoms. The summed E-state index contributed by atoms with van der Waals surface area (Å²) in [5.41, 5.74) is 6.10. The standard InChI is InChI=1S/C26H18BrN3O2.C6H16OS/c27-13-10-11-17-16(12-13)19-21-22(26(32)29-25(21)31)20-15-8-2-1-3-9-18(15)30(14-6-4-5-7-14)24(20)23(19)28-17;1-6(2,3)8(4,5)7/h1-4,6,9-12,14,28H,5,7-8H2,(H,29,31,32);7H,1-5H3. The van der Waals surface area contributed by atoms with Crippen LogP contribution in [0.5, 0.6) is 0 Å². The molecule has 6 nitrogen and oxygen atoms in total. The molecule has 3 heterocycles. The van der Waals surface area contributed by atoms with E-state index < -0.39 is 10.3 Å². The number of nitrogens with zero attached hydrogens (tertiary/aromatic N) is 1. The number of hydrogen-bond donors (Lipinski definition) is 3. The molecule has 0 radical (unpaired) electrons. The highest BCUT2D eigenvalue weighted by atomic mass is 79.9. The van der Waals surface area contributed by atoms with Gasteiger partial charge in [-0.15, -0.1) is 10.3 Å². The fourth-order valence-electron chi connectivity index (χ4n) is 5.68. The average Bonchev–Trinajstić information content (AvgIpc) is 3.60. The second kappa shape index (κ2) is 9.50. The molecular weight excluding hydrogens is 586 g/mol. The van der Waals surface area contributed by atoms with Gasteiger partial charge in [0.25, 0.3) is 11.8 Å². The number of hydrogen-bond acceptors (Lipinski definition) is 3. The number of rotatable bonds is 1. The number of aromatic amines is 1. The summed E-state index contributed by atoms with van der Waals surface area (Å²) in [6, 6.07) is 6.24. The zero-order valence-corrected chi connectivity index (χ0v) is 25.8. The number of aromatic nitrogens is 2. The van der Waals surface area contributed by atoms with E-state index in [1.54, 1.807) is 0 Å². The number of carbonyl (C=O) groups excluding carboxylic acids is 2. The Morgan fingerprint density at radius 3 is 2.40 bits per heavy atom. The summed E-state index contributed by atoms with van der Waals surface area (Å²) in [4.78, 5) is 29.8. The largest absolute Gasteiger partial charge is 0.353 e. The Morgan fingerprint density at radius 1 is 1.05 bits per heavy atom. The maximum absolute atomic E-state index is 13.2. The van der Waals surface area contributed by atoms with Crippen molar-refractivity contribution in [3.05, 3.63) is 75.4 Å². The Labute approximate surface area is 243 Å². The van der Waals surface area contributed by atoms with E-state index in [9.17, 15) is 14.1 Å². The zero-order chi connectivity index (χ0) is 28.6. The highest BCUT2D eigenvalue weighted by molar-refractivity contribution is 9.10. The van der Waals surface area contributed by atoms with E-state index in [0.717, 1.165) is 61.3 Å². The van der Waals surface area contributed by atoms with Crippen molar-refractivity contribution in [1.29, 1.82) is 0 Å². The lowest BCUT2D eigenvalue weighted by atomic mass is 9.95. The summed E-state index contributed by atoms with van der Waals surface area (Å²) < 4.78 is 12.8. The van der Waals surface area contributed by atoms with Crippen molar-refractivity contribution in [2.75, 3.05) is 12.5 Å². The average molecular weight is 621 g/mol. The maximum Gasteiger partial charge on any atom is 0.259 e. The number of benzene rings is 2. The quantitative estimate of drug-likeness (QED) is 0.148. The van der Waals surface area contributed by atoms with Crippen LogP contribution in [0.15, 0.2) is 53.1 Å². The molecule has 2 aromatic heterocycles. The number of imide groups is 1. The molecule has 0 bridgehead atoms. The van der Waals surface area contributed by atoms with Gasteiger partial charge in [-0.05, 0) is 61.6 Å². The molecule has 3 aliphatic rings. The molecule has 7 rings (SSSR count). The fraction of sp³-hybridized carbons (Fsp3) is 0.312. The number of fused-ring (bicyclic) bond motifs is 10. The Balaban J connectivity index is 0.000000319. The van der Waals surface area contributed by atoms with Crippen molar-refractivity contribution in [3.8, 4) is 0 Å². The van der Waals surface area contributed by atoms with Gasteiger partial charge in [0, 0.05) is 36.6 Å². The van der Waals surface area contributed by atoms with Crippen LogP contribution < -0.4 is 5.32 Å². The molecule has 0 saturated heterocycles. The summed E-state index contributed by atoms with van der Waals surface area (Å²) in [7, 11) is -1.34. The number of allylic oxidation sites excluding steroid dienone is 5. The fourth-order valence-corrected chi connectivity index (χ4v) is 6.04. The molecule has 4 aromatic rings. The van der Waals surface area contributed by atoms with Gasteiger partial charge in [0.05, 0.1) is 28.2 Å².